The van der Waals surface area contributed by atoms with Crippen molar-refractivity contribution in [1.82, 2.24) is 10.3 Å². The number of hydrogen-bond acceptors (Lipinski definition) is 4. The molecule has 0 saturated carbocycles. The van der Waals surface area contributed by atoms with E-state index in [9.17, 15) is 9.59 Å². The maximum atomic E-state index is 11.6. The third kappa shape index (κ3) is 5.66. The van der Waals surface area contributed by atoms with E-state index in [0.717, 1.165) is 0 Å². The molecule has 1 aromatic heterocycles. The molecule has 0 spiro atoms. The quantitative estimate of drug-likeness (QED) is 0.487. The summed E-state index contributed by atoms with van der Waals surface area (Å²) in [6.45, 7) is 0.150. The van der Waals surface area contributed by atoms with E-state index in [1.807, 2.05) is 0 Å². The highest BCUT2D eigenvalue weighted by Crippen LogP contribution is 1.99. The Morgan fingerprint density at radius 2 is 2.21 bits per heavy atom. The molecule has 1 aromatic rings. The van der Waals surface area contributed by atoms with Crippen LogP contribution in [0.1, 0.15) is 28.9 Å². The fourth-order valence-electron chi connectivity index (χ4n) is 1.30. The summed E-state index contributed by atoms with van der Waals surface area (Å²) in [4.78, 5) is 26.1. The molecule has 0 aromatic carbocycles. The van der Waals surface area contributed by atoms with Crippen molar-refractivity contribution in [3.63, 3.8) is 0 Å². The van der Waals surface area contributed by atoms with Crippen LogP contribution < -0.4 is 11.1 Å². The number of rotatable bonds is 5. The Bertz CT molecular complexity index is 500. The molecule has 6 nitrogen and oxygen atoms in total. The SMILES string of the molecule is NC(=O)CCCNC(=O)c1ccc(C#CCO)cn1. The second kappa shape index (κ2) is 7.84. The fraction of sp³-hybridized carbons (Fsp3) is 0.308. The van der Waals surface area contributed by atoms with Gasteiger partial charge in [-0.3, -0.25) is 9.59 Å². The Kier molecular flexibility index (Phi) is 6.06. The summed E-state index contributed by atoms with van der Waals surface area (Å²) in [5, 5.41) is 11.2. The number of aromatic nitrogens is 1. The van der Waals surface area contributed by atoms with Crippen molar-refractivity contribution in [2.45, 2.75) is 12.8 Å². The molecule has 0 radical (unpaired) electrons. The van der Waals surface area contributed by atoms with Gasteiger partial charge in [-0.2, -0.15) is 0 Å². The first-order chi connectivity index (χ1) is 9.13. The number of nitrogens with zero attached hydrogens (tertiary/aromatic N) is 1. The van der Waals surface area contributed by atoms with E-state index in [2.05, 4.69) is 22.1 Å². The van der Waals surface area contributed by atoms with Crippen LogP contribution in [0.4, 0.5) is 0 Å². The van der Waals surface area contributed by atoms with Crippen LogP contribution in [0.5, 0.6) is 0 Å². The second-order valence-corrected chi connectivity index (χ2v) is 3.72. The summed E-state index contributed by atoms with van der Waals surface area (Å²) in [5.74, 6) is 4.46. The standard InChI is InChI=1S/C13H15N3O3/c14-12(18)4-1-7-15-13(19)11-6-5-10(9-16-11)3-2-8-17/h5-6,9,17H,1,4,7-8H2,(H2,14,18)(H,15,19). The van der Waals surface area contributed by atoms with E-state index in [-0.39, 0.29) is 30.5 Å². The topological polar surface area (TPSA) is 105 Å². The summed E-state index contributed by atoms with van der Waals surface area (Å²) in [6.07, 6.45) is 2.20. The zero-order valence-electron chi connectivity index (χ0n) is 10.3. The van der Waals surface area contributed by atoms with Crippen molar-refractivity contribution in [2.75, 3.05) is 13.2 Å². The highest BCUT2D eigenvalue weighted by Gasteiger charge is 2.06. The van der Waals surface area contributed by atoms with Crippen LogP contribution in [0.2, 0.25) is 0 Å². The predicted octanol–water partition coefficient (Wildman–Crippen LogP) is -0.579. The molecule has 0 unspecified atom stereocenters. The summed E-state index contributed by atoms with van der Waals surface area (Å²) < 4.78 is 0. The number of nitrogens with one attached hydrogen (secondary N) is 1. The van der Waals surface area contributed by atoms with Gasteiger partial charge in [-0.25, -0.2) is 4.98 Å². The lowest BCUT2D eigenvalue weighted by atomic mass is 10.2. The normalized spacial score (nSPS) is 9.32. The molecule has 1 rings (SSSR count). The molecule has 0 aliphatic rings. The van der Waals surface area contributed by atoms with Crippen LogP contribution in [-0.2, 0) is 4.79 Å². The molecule has 4 N–H and O–H groups in total. The van der Waals surface area contributed by atoms with Gasteiger partial charge in [0.1, 0.15) is 12.3 Å². The lowest BCUT2D eigenvalue weighted by Crippen LogP contribution is -2.26. The Balaban J connectivity index is 2.46. The zero-order chi connectivity index (χ0) is 14.1. The number of aliphatic hydroxyl groups is 1. The Hall–Kier alpha value is -2.39. The summed E-state index contributed by atoms with van der Waals surface area (Å²) >= 11 is 0. The average Bonchev–Trinajstić information content (AvgIpc) is 2.41. The van der Waals surface area contributed by atoms with Gasteiger partial charge in [-0.15, -0.1) is 0 Å². The highest BCUT2D eigenvalue weighted by atomic mass is 16.2. The number of pyridine rings is 1. The average molecular weight is 261 g/mol. The van der Waals surface area contributed by atoms with Crippen molar-refractivity contribution < 1.29 is 14.7 Å². The molecule has 0 fully saturated rings. The zero-order valence-corrected chi connectivity index (χ0v) is 10.3. The molecule has 0 aliphatic carbocycles. The smallest absolute Gasteiger partial charge is 0.269 e. The van der Waals surface area contributed by atoms with Crippen LogP contribution in [0.25, 0.3) is 0 Å². The molecule has 100 valence electrons. The predicted molar refractivity (Wildman–Crippen MR) is 69.0 cm³/mol. The number of amides is 2. The van der Waals surface area contributed by atoms with E-state index in [1.54, 1.807) is 12.1 Å². The lowest BCUT2D eigenvalue weighted by molar-refractivity contribution is -0.118. The number of carbonyl (C=O) groups is 2. The second-order valence-electron chi connectivity index (χ2n) is 3.72. The maximum Gasteiger partial charge on any atom is 0.269 e. The van der Waals surface area contributed by atoms with Gasteiger partial charge in [0, 0.05) is 24.7 Å². The summed E-state index contributed by atoms with van der Waals surface area (Å²) in [6, 6.07) is 3.19. The number of aliphatic hydroxyl groups excluding tert-OH is 1. The number of carbonyl (C=O) groups excluding carboxylic acids is 2. The van der Waals surface area contributed by atoms with Gasteiger partial charge in [-0.1, -0.05) is 11.8 Å². The van der Waals surface area contributed by atoms with E-state index in [0.29, 0.717) is 18.5 Å². The molecule has 2 amide bonds. The molecular formula is C13H15N3O3. The number of nitrogens with two attached hydrogens (primary N) is 1. The molecule has 0 bridgehead atoms. The number of primary amides is 1. The Morgan fingerprint density at radius 3 is 2.79 bits per heavy atom. The van der Waals surface area contributed by atoms with Crippen molar-refractivity contribution >= 4 is 11.8 Å². The fourth-order valence-corrected chi connectivity index (χ4v) is 1.30. The molecule has 0 saturated heterocycles. The van der Waals surface area contributed by atoms with Crippen LogP contribution >= 0.6 is 0 Å². The third-order valence-corrected chi connectivity index (χ3v) is 2.19. The van der Waals surface area contributed by atoms with E-state index < -0.39 is 0 Å². The van der Waals surface area contributed by atoms with Crippen molar-refractivity contribution in [2.24, 2.45) is 5.73 Å². The van der Waals surface area contributed by atoms with Gasteiger partial charge in [0.15, 0.2) is 0 Å². The monoisotopic (exact) mass is 261 g/mol. The summed E-state index contributed by atoms with van der Waals surface area (Å²) in [7, 11) is 0. The van der Waals surface area contributed by atoms with Gasteiger partial charge >= 0.3 is 0 Å². The van der Waals surface area contributed by atoms with Crippen LogP contribution in [0.15, 0.2) is 18.3 Å². The minimum absolute atomic E-state index is 0.220. The van der Waals surface area contributed by atoms with Crippen molar-refractivity contribution in [3.05, 3.63) is 29.6 Å². The molecular weight excluding hydrogens is 246 g/mol. The van der Waals surface area contributed by atoms with Gasteiger partial charge < -0.3 is 16.2 Å². The number of hydrogen-bond donors (Lipinski definition) is 3. The Labute approximate surface area is 111 Å². The minimum Gasteiger partial charge on any atom is -0.384 e. The summed E-state index contributed by atoms with van der Waals surface area (Å²) in [5.41, 5.74) is 5.88. The van der Waals surface area contributed by atoms with E-state index >= 15 is 0 Å². The van der Waals surface area contributed by atoms with Crippen LogP contribution in [-0.4, -0.2) is 35.1 Å². The van der Waals surface area contributed by atoms with Crippen LogP contribution in [0.3, 0.4) is 0 Å². The van der Waals surface area contributed by atoms with Gasteiger partial charge in [-0.05, 0) is 18.6 Å². The van der Waals surface area contributed by atoms with Gasteiger partial charge in [0.05, 0.1) is 0 Å². The first-order valence-electron chi connectivity index (χ1n) is 5.75. The lowest BCUT2D eigenvalue weighted by Gasteiger charge is -2.03. The first-order valence-corrected chi connectivity index (χ1v) is 5.75. The van der Waals surface area contributed by atoms with E-state index in [4.69, 9.17) is 10.8 Å². The molecule has 1 heterocycles. The van der Waals surface area contributed by atoms with E-state index in [1.165, 1.54) is 6.20 Å². The largest absolute Gasteiger partial charge is 0.384 e. The minimum atomic E-state index is -0.390. The third-order valence-electron chi connectivity index (χ3n) is 2.19. The molecule has 0 aliphatic heterocycles. The first kappa shape index (κ1) is 14.7. The molecule has 0 atom stereocenters. The van der Waals surface area contributed by atoms with Crippen molar-refractivity contribution in [1.29, 1.82) is 0 Å². The van der Waals surface area contributed by atoms with Gasteiger partial charge in [0.2, 0.25) is 5.91 Å². The van der Waals surface area contributed by atoms with Crippen LogP contribution in [0, 0.1) is 11.8 Å². The Morgan fingerprint density at radius 1 is 1.42 bits per heavy atom. The van der Waals surface area contributed by atoms with Gasteiger partial charge in [0.25, 0.3) is 5.91 Å². The molecule has 19 heavy (non-hydrogen) atoms. The highest BCUT2D eigenvalue weighted by molar-refractivity contribution is 5.92. The maximum absolute atomic E-state index is 11.6. The van der Waals surface area contributed by atoms with Crippen molar-refractivity contribution in [3.8, 4) is 11.8 Å². The molecule has 6 heteroatoms.